The fourth-order valence-electron chi connectivity index (χ4n) is 1.27. The molecule has 13 heavy (non-hydrogen) atoms. The molecule has 3 nitrogen and oxygen atoms in total. The van der Waals surface area contributed by atoms with Crippen LogP contribution in [0.5, 0.6) is 0 Å². The maximum atomic E-state index is 4.97. The highest BCUT2D eigenvalue weighted by Gasteiger charge is 1.99. The van der Waals surface area contributed by atoms with Gasteiger partial charge in [0.05, 0.1) is 5.69 Å². The fraction of sp³-hybridized carbons (Fsp3) is 0.700. The molecular formula is C10H17NO2. The first-order valence-electron chi connectivity index (χ1n) is 4.74. The average Bonchev–Trinajstić information content (AvgIpc) is 2.51. The average molecular weight is 183 g/mol. The van der Waals surface area contributed by atoms with Gasteiger partial charge in [-0.2, -0.15) is 0 Å². The molecule has 0 amide bonds. The fourth-order valence-corrected chi connectivity index (χ4v) is 1.27. The van der Waals surface area contributed by atoms with Crippen molar-refractivity contribution in [2.24, 2.45) is 0 Å². The number of ether oxygens (including phenoxy) is 1. The second-order valence-corrected chi connectivity index (χ2v) is 3.23. The van der Waals surface area contributed by atoms with Crippen molar-refractivity contribution in [1.29, 1.82) is 0 Å². The summed E-state index contributed by atoms with van der Waals surface area (Å²) in [4.78, 5) is 0. The number of aromatic nitrogens is 1. The Morgan fingerprint density at radius 2 is 2.23 bits per heavy atom. The zero-order valence-electron chi connectivity index (χ0n) is 8.38. The molecule has 74 valence electrons. The van der Waals surface area contributed by atoms with E-state index < -0.39 is 0 Å². The monoisotopic (exact) mass is 183 g/mol. The number of aryl methyl sites for hydroxylation is 2. The van der Waals surface area contributed by atoms with Crippen LogP contribution in [0.2, 0.25) is 0 Å². The number of nitrogens with zero attached hydrogens (tertiary/aromatic N) is 1. The van der Waals surface area contributed by atoms with Gasteiger partial charge in [-0.15, -0.1) is 0 Å². The van der Waals surface area contributed by atoms with Crippen LogP contribution in [-0.2, 0) is 11.2 Å². The minimum atomic E-state index is 0.859. The van der Waals surface area contributed by atoms with Crippen LogP contribution in [0.25, 0.3) is 0 Å². The molecule has 0 aliphatic rings. The van der Waals surface area contributed by atoms with Crippen molar-refractivity contribution in [2.45, 2.75) is 32.6 Å². The van der Waals surface area contributed by atoms with Gasteiger partial charge in [-0.05, 0) is 26.2 Å². The smallest absolute Gasteiger partial charge is 0.133 e. The van der Waals surface area contributed by atoms with Crippen molar-refractivity contribution in [3.63, 3.8) is 0 Å². The Morgan fingerprint density at radius 1 is 1.38 bits per heavy atom. The van der Waals surface area contributed by atoms with Crippen molar-refractivity contribution in [1.82, 2.24) is 5.16 Å². The Labute approximate surface area is 79.1 Å². The number of methoxy groups -OCH3 is 1. The van der Waals surface area contributed by atoms with Crippen LogP contribution in [0, 0.1) is 6.92 Å². The van der Waals surface area contributed by atoms with E-state index in [9.17, 15) is 0 Å². The van der Waals surface area contributed by atoms with Crippen LogP contribution in [0.4, 0.5) is 0 Å². The molecule has 1 aromatic heterocycles. The first kappa shape index (κ1) is 10.3. The Bertz CT molecular complexity index is 233. The van der Waals surface area contributed by atoms with Gasteiger partial charge in [0.25, 0.3) is 0 Å². The van der Waals surface area contributed by atoms with Gasteiger partial charge in [0.15, 0.2) is 0 Å². The van der Waals surface area contributed by atoms with Crippen molar-refractivity contribution in [3.05, 3.63) is 17.5 Å². The molecule has 0 spiro atoms. The van der Waals surface area contributed by atoms with Gasteiger partial charge in [-0.25, -0.2) is 0 Å². The number of hydrogen-bond donors (Lipinski definition) is 0. The maximum absolute atomic E-state index is 4.97. The molecule has 0 aromatic carbocycles. The van der Waals surface area contributed by atoms with Crippen LogP contribution in [0.15, 0.2) is 10.6 Å². The highest BCUT2D eigenvalue weighted by molar-refractivity contribution is 5.03. The van der Waals surface area contributed by atoms with Crippen LogP contribution < -0.4 is 0 Å². The second kappa shape index (κ2) is 5.75. The minimum absolute atomic E-state index is 0.859. The first-order chi connectivity index (χ1) is 6.33. The van der Waals surface area contributed by atoms with Crippen molar-refractivity contribution in [2.75, 3.05) is 13.7 Å². The maximum Gasteiger partial charge on any atom is 0.133 e. The molecule has 1 rings (SSSR count). The van der Waals surface area contributed by atoms with Crippen LogP contribution in [0.1, 0.15) is 30.7 Å². The third-order valence-corrected chi connectivity index (χ3v) is 1.96. The predicted molar refractivity (Wildman–Crippen MR) is 50.7 cm³/mol. The summed E-state index contributed by atoms with van der Waals surface area (Å²) in [6, 6.07) is 2.00. The van der Waals surface area contributed by atoms with E-state index in [-0.39, 0.29) is 0 Å². The van der Waals surface area contributed by atoms with Gasteiger partial charge in [-0.3, -0.25) is 0 Å². The number of hydrogen-bond acceptors (Lipinski definition) is 3. The normalized spacial score (nSPS) is 10.6. The Balaban J connectivity index is 2.06. The highest BCUT2D eigenvalue weighted by atomic mass is 16.5. The van der Waals surface area contributed by atoms with Gasteiger partial charge >= 0.3 is 0 Å². The Morgan fingerprint density at radius 3 is 2.85 bits per heavy atom. The second-order valence-electron chi connectivity index (χ2n) is 3.23. The highest BCUT2D eigenvalue weighted by Crippen LogP contribution is 2.06. The lowest BCUT2D eigenvalue weighted by molar-refractivity contribution is 0.192. The van der Waals surface area contributed by atoms with Gasteiger partial charge in [0.1, 0.15) is 5.76 Å². The van der Waals surface area contributed by atoms with E-state index in [1.54, 1.807) is 7.11 Å². The molecule has 0 fully saturated rings. The third kappa shape index (κ3) is 4.08. The SMILES string of the molecule is COCCCCCc1cc(C)on1. The topological polar surface area (TPSA) is 35.3 Å². The standard InChI is InChI=1S/C10H17NO2/c1-9-8-10(11-13-9)6-4-3-5-7-12-2/h8H,3-7H2,1-2H3. The third-order valence-electron chi connectivity index (χ3n) is 1.96. The van der Waals surface area contributed by atoms with Crippen molar-refractivity contribution < 1.29 is 9.26 Å². The molecule has 0 N–H and O–H groups in total. The van der Waals surface area contributed by atoms with Crippen LogP contribution >= 0.6 is 0 Å². The lowest BCUT2D eigenvalue weighted by atomic mass is 10.1. The summed E-state index contributed by atoms with van der Waals surface area (Å²) in [6.07, 6.45) is 4.50. The molecular weight excluding hydrogens is 166 g/mol. The summed E-state index contributed by atoms with van der Waals surface area (Å²) in [6.45, 7) is 2.78. The van der Waals surface area contributed by atoms with E-state index in [1.807, 2.05) is 13.0 Å². The van der Waals surface area contributed by atoms with Crippen LogP contribution in [0.3, 0.4) is 0 Å². The van der Waals surface area contributed by atoms with E-state index in [4.69, 9.17) is 9.26 Å². The largest absolute Gasteiger partial charge is 0.385 e. The summed E-state index contributed by atoms with van der Waals surface area (Å²) in [7, 11) is 1.74. The van der Waals surface area contributed by atoms with E-state index in [0.29, 0.717) is 0 Å². The molecule has 0 atom stereocenters. The minimum Gasteiger partial charge on any atom is -0.385 e. The lowest BCUT2D eigenvalue weighted by Crippen LogP contribution is -1.90. The molecule has 1 heterocycles. The summed E-state index contributed by atoms with van der Waals surface area (Å²) in [5.41, 5.74) is 1.06. The van der Waals surface area contributed by atoms with Crippen molar-refractivity contribution in [3.8, 4) is 0 Å². The van der Waals surface area contributed by atoms with Gasteiger partial charge in [-0.1, -0.05) is 11.6 Å². The summed E-state index contributed by atoms with van der Waals surface area (Å²) in [5.74, 6) is 0.895. The first-order valence-corrected chi connectivity index (χ1v) is 4.74. The van der Waals surface area contributed by atoms with Gasteiger partial charge in [0.2, 0.25) is 0 Å². The molecule has 0 saturated carbocycles. The quantitative estimate of drug-likeness (QED) is 0.635. The van der Waals surface area contributed by atoms with E-state index in [1.165, 1.54) is 6.42 Å². The summed E-state index contributed by atoms with van der Waals surface area (Å²) >= 11 is 0. The summed E-state index contributed by atoms with van der Waals surface area (Å²) < 4.78 is 9.93. The van der Waals surface area contributed by atoms with Gasteiger partial charge < -0.3 is 9.26 Å². The molecule has 3 heteroatoms. The van der Waals surface area contributed by atoms with Gasteiger partial charge in [0, 0.05) is 19.8 Å². The zero-order valence-corrected chi connectivity index (χ0v) is 8.38. The Hall–Kier alpha value is -0.830. The van der Waals surface area contributed by atoms with E-state index in [2.05, 4.69) is 5.16 Å². The molecule has 0 aliphatic carbocycles. The molecule has 0 aliphatic heterocycles. The number of unbranched alkanes of at least 4 members (excludes halogenated alkanes) is 2. The molecule has 0 unspecified atom stereocenters. The molecule has 0 bridgehead atoms. The number of rotatable bonds is 6. The van der Waals surface area contributed by atoms with Crippen molar-refractivity contribution >= 4 is 0 Å². The molecule has 1 aromatic rings. The van der Waals surface area contributed by atoms with Crippen LogP contribution in [-0.4, -0.2) is 18.9 Å². The molecule has 0 radical (unpaired) electrons. The van der Waals surface area contributed by atoms with E-state index in [0.717, 1.165) is 37.3 Å². The summed E-state index contributed by atoms with van der Waals surface area (Å²) in [5, 5.41) is 3.93. The predicted octanol–water partition coefficient (Wildman–Crippen LogP) is 2.34. The zero-order chi connectivity index (χ0) is 9.52. The molecule has 0 saturated heterocycles. The lowest BCUT2D eigenvalue weighted by Gasteiger charge is -1.97. The Kier molecular flexibility index (Phi) is 4.54. The van der Waals surface area contributed by atoms with E-state index >= 15 is 0 Å².